The van der Waals surface area contributed by atoms with Crippen LogP contribution in [0, 0.1) is 13.8 Å². The van der Waals surface area contributed by atoms with Crippen molar-refractivity contribution in [2.24, 2.45) is 0 Å². The Bertz CT molecular complexity index is 506. The van der Waals surface area contributed by atoms with E-state index < -0.39 is 0 Å². The molecule has 0 amide bonds. The van der Waals surface area contributed by atoms with Gasteiger partial charge in [0.25, 0.3) is 0 Å². The molecule has 0 spiro atoms. The molecule has 17 heavy (non-hydrogen) atoms. The summed E-state index contributed by atoms with van der Waals surface area (Å²) in [5.74, 6) is 0. The molecule has 0 saturated heterocycles. The van der Waals surface area contributed by atoms with Crippen LogP contribution in [0.4, 0.5) is 5.69 Å². The zero-order valence-electron chi connectivity index (χ0n) is 10.00. The van der Waals surface area contributed by atoms with Gasteiger partial charge in [-0.25, -0.2) is 0 Å². The third-order valence-corrected chi connectivity index (χ3v) is 2.89. The number of rotatable bonds is 3. The largest absolute Gasteiger partial charge is 0.380 e. The molecule has 88 valence electrons. The number of benzene rings is 1. The first kappa shape index (κ1) is 11.9. The number of anilines is 1. The predicted molar refractivity (Wildman–Crippen MR) is 72.5 cm³/mol. The Morgan fingerprint density at radius 3 is 2.65 bits per heavy atom. The van der Waals surface area contributed by atoms with Crippen molar-refractivity contribution >= 4 is 17.3 Å². The van der Waals surface area contributed by atoms with Gasteiger partial charge in [0.2, 0.25) is 0 Å². The molecule has 0 aliphatic rings. The molecule has 0 bridgehead atoms. The Kier molecular flexibility index (Phi) is 3.64. The Balaban J connectivity index is 2.04. The van der Waals surface area contributed by atoms with Gasteiger partial charge >= 0.3 is 0 Å². The lowest BCUT2D eigenvalue weighted by Gasteiger charge is -2.09. The minimum Gasteiger partial charge on any atom is -0.380 e. The van der Waals surface area contributed by atoms with E-state index in [0.717, 1.165) is 34.1 Å². The van der Waals surface area contributed by atoms with E-state index in [-0.39, 0.29) is 0 Å². The van der Waals surface area contributed by atoms with Crippen molar-refractivity contribution in [1.82, 2.24) is 4.98 Å². The van der Waals surface area contributed by atoms with Gasteiger partial charge in [0, 0.05) is 18.4 Å². The van der Waals surface area contributed by atoms with Crippen LogP contribution in [0.2, 0.25) is 5.02 Å². The number of halogens is 1. The highest BCUT2D eigenvalue weighted by Gasteiger charge is 2.00. The second kappa shape index (κ2) is 5.19. The fourth-order valence-electron chi connectivity index (χ4n) is 1.56. The van der Waals surface area contributed by atoms with Crippen LogP contribution in [0.1, 0.15) is 16.8 Å². The Hall–Kier alpha value is -1.54. The summed E-state index contributed by atoms with van der Waals surface area (Å²) in [7, 11) is 0. The Morgan fingerprint density at radius 2 is 2.00 bits per heavy atom. The lowest BCUT2D eigenvalue weighted by atomic mass is 10.2. The summed E-state index contributed by atoms with van der Waals surface area (Å²) in [6, 6.07) is 10.1. The SMILES string of the molecule is Cc1ccc(NCc2ccc(C)nc2)c(Cl)c1. The Labute approximate surface area is 107 Å². The number of pyridine rings is 1. The topological polar surface area (TPSA) is 24.9 Å². The number of nitrogens with one attached hydrogen (secondary N) is 1. The van der Waals surface area contributed by atoms with Crippen molar-refractivity contribution in [3.05, 3.63) is 58.4 Å². The van der Waals surface area contributed by atoms with E-state index in [9.17, 15) is 0 Å². The van der Waals surface area contributed by atoms with Crippen LogP contribution in [-0.2, 0) is 6.54 Å². The lowest BCUT2D eigenvalue weighted by molar-refractivity contribution is 1.08. The normalized spacial score (nSPS) is 10.3. The molecule has 1 N–H and O–H groups in total. The summed E-state index contributed by atoms with van der Waals surface area (Å²) >= 11 is 6.14. The minimum atomic E-state index is 0.732. The maximum Gasteiger partial charge on any atom is 0.0640 e. The molecule has 2 rings (SSSR count). The number of hydrogen-bond donors (Lipinski definition) is 1. The average molecular weight is 247 g/mol. The van der Waals surface area contributed by atoms with Gasteiger partial charge in [-0.1, -0.05) is 23.7 Å². The first-order valence-electron chi connectivity index (χ1n) is 5.57. The highest BCUT2D eigenvalue weighted by atomic mass is 35.5. The highest BCUT2D eigenvalue weighted by Crippen LogP contribution is 2.23. The van der Waals surface area contributed by atoms with Crippen LogP contribution in [0.15, 0.2) is 36.5 Å². The fourth-order valence-corrected chi connectivity index (χ4v) is 1.87. The summed E-state index contributed by atoms with van der Waals surface area (Å²) in [5, 5.41) is 4.06. The second-order valence-corrected chi connectivity index (χ2v) is 4.55. The second-order valence-electron chi connectivity index (χ2n) is 4.14. The van der Waals surface area contributed by atoms with Crippen LogP contribution in [0.5, 0.6) is 0 Å². The van der Waals surface area contributed by atoms with Crippen molar-refractivity contribution in [3.63, 3.8) is 0 Å². The summed E-state index contributed by atoms with van der Waals surface area (Å²) in [6.07, 6.45) is 1.88. The van der Waals surface area contributed by atoms with E-state index in [2.05, 4.69) is 16.4 Å². The maximum atomic E-state index is 6.14. The highest BCUT2D eigenvalue weighted by molar-refractivity contribution is 6.33. The van der Waals surface area contributed by atoms with E-state index in [1.54, 1.807) is 0 Å². The van der Waals surface area contributed by atoms with Crippen molar-refractivity contribution in [2.75, 3.05) is 5.32 Å². The molecule has 2 aromatic rings. The summed E-state index contributed by atoms with van der Waals surface area (Å²) < 4.78 is 0. The maximum absolute atomic E-state index is 6.14. The summed E-state index contributed by atoms with van der Waals surface area (Å²) in [6.45, 7) is 4.74. The van der Waals surface area contributed by atoms with Gasteiger partial charge < -0.3 is 5.32 Å². The molecular formula is C14H15ClN2. The molecule has 1 heterocycles. The van der Waals surface area contributed by atoms with E-state index in [1.807, 2.05) is 44.3 Å². The molecule has 0 fully saturated rings. The van der Waals surface area contributed by atoms with Gasteiger partial charge in [-0.05, 0) is 43.2 Å². The van der Waals surface area contributed by atoms with Crippen molar-refractivity contribution in [3.8, 4) is 0 Å². The van der Waals surface area contributed by atoms with Crippen molar-refractivity contribution in [1.29, 1.82) is 0 Å². The molecule has 0 saturated carbocycles. The number of aromatic nitrogens is 1. The standard InChI is InChI=1S/C14H15ClN2/c1-10-3-6-14(13(15)7-10)17-9-12-5-4-11(2)16-8-12/h3-8,17H,9H2,1-2H3. The van der Waals surface area contributed by atoms with Crippen LogP contribution in [-0.4, -0.2) is 4.98 Å². The minimum absolute atomic E-state index is 0.732. The average Bonchev–Trinajstić information content (AvgIpc) is 2.30. The first-order chi connectivity index (χ1) is 8.15. The molecule has 0 aliphatic carbocycles. The summed E-state index contributed by atoms with van der Waals surface area (Å²) in [4.78, 5) is 4.25. The number of hydrogen-bond acceptors (Lipinski definition) is 2. The molecule has 0 atom stereocenters. The molecule has 1 aromatic heterocycles. The quantitative estimate of drug-likeness (QED) is 0.887. The number of nitrogens with zero attached hydrogens (tertiary/aromatic N) is 1. The van der Waals surface area contributed by atoms with Crippen LogP contribution in [0.25, 0.3) is 0 Å². The van der Waals surface area contributed by atoms with Gasteiger partial charge in [0.1, 0.15) is 0 Å². The van der Waals surface area contributed by atoms with E-state index >= 15 is 0 Å². The zero-order valence-corrected chi connectivity index (χ0v) is 10.8. The first-order valence-corrected chi connectivity index (χ1v) is 5.94. The van der Waals surface area contributed by atoms with Crippen LogP contribution in [0.3, 0.4) is 0 Å². The van der Waals surface area contributed by atoms with E-state index in [0.29, 0.717) is 0 Å². The van der Waals surface area contributed by atoms with Crippen molar-refractivity contribution in [2.45, 2.75) is 20.4 Å². The third kappa shape index (κ3) is 3.21. The van der Waals surface area contributed by atoms with Crippen molar-refractivity contribution < 1.29 is 0 Å². The van der Waals surface area contributed by atoms with E-state index in [4.69, 9.17) is 11.6 Å². The fraction of sp³-hybridized carbons (Fsp3) is 0.214. The smallest absolute Gasteiger partial charge is 0.0640 e. The number of aryl methyl sites for hydroxylation is 2. The summed E-state index contributed by atoms with van der Waals surface area (Å²) in [5.41, 5.74) is 4.30. The molecule has 0 radical (unpaired) electrons. The Morgan fingerprint density at radius 1 is 1.18 bits per heavy atom. The van der Waals surface area contributed by atoms with Gasteiger partial charge in [0.15, 0.2) is 0 Å². The molecule has 1 aromatic carbocycles. The molecular weight excluding hydrogens is 232 g/mol. The van der Waals surface area contributed by atoms with Crippen LogP contribution >= 0.6 is 11.6 Å². The van der Waals surface area contributed by atoms with E-state index in [1.165, 1.54) is 0 Å². The molecule has 0 aliphatic heterocycles. The zero-order chi connectivity index (χ0) is 12.3. The van der Waals surface area contributed by atoms with Gasteiger partial charge in [-0.15, -0.1) is 0 Å². The van der Waals surface area contributed by atoms with Gasteiger partial charge in [0.05, 0.1) is 10.7 Å². The van der Waals surface area contributed by atoms with Gasteiger partial charge in [-0.2, -0.15) is 0 Å². The van der Waals surface area contributed by atoms with Crippen LogP contribution < -0.4 is 5.32 Å². The third-order valence-electron chi connectivity index (χ3n) is 2.58. The van der Waals surface area contributed by atoms with Gasteiger partial charge in [-0.3, -0.25) is 4.98 Å². The predicted octanol–water partition coefficient (Wildman–Crippen LogP) is 3.96. The molecule has 0 unspecified atom stereocenters. The molecule has 2 nitrogen and oxygen atoms in total. The monoisotopic (exact) mass is 246 g/mol. The molecule has 3 heteroatoms. The lowest BCUT2D eigenvalue weighted by Crippen LogP contribution is -2.00.